The van der Waals surface area contributed by atoms with Crippen LogP contribution in [0.3, 0.4) is 0 Å². The zero-order valence-electron chi connectivity index (χ0n) is 40.9. The number of unbranched alkanes of at least 4 members (excludes halogenated alkanes) is 28. The van der Waals surface area contributed by atoms with E-state index in [2.05, 4.69) is 50.3 Å². The van der Waals surface area contributed by atoms with E-state index in [4.69, 9.17) is 18.5 Å². The monoisotopic (exact) mass is 882 g/mol. The van der Waals surface area contributed by atoms with Crippen LogP contribution in [-0.4, -0.2) is 70.7 Å². The Hall–Kier alpha value is -1.28. The summed E-state index contributed by atoms with van der Waals surface area (Å²) in [5.41, 5.74) is 0. The third kappa shape index (κ3) is 49.6. The van der Waals surface area contributed by atoms with Gasteiger partial charge in [-0.3, -0.25) is 9.36 Å². The molecule has 0 saturated carbocycles. The molecule has 61 heavy (non-hydrogen) atoms. The molecule has 0 N–H and O–H groups in total. The Morgan fingerprint density at radius 1 is 0.508 bits per heavy atom. The molecule has 0 heterocycles. The summed E-state index contributed by atoms with van der Waals surface area (Å²) in [6.45, 7) is 5.41. The van der Waals surface area contributed by atoms with E-state index in [0.29, 0.717) is 24.1 Å². The zero-order chi connectivity index (χ0) is 44.8. The van der Waals surface area contributed by atoms with Gasteiger partial charge in [0.25, 0.3) is 7.82 Å². The number of hydrogen-bond donors (Lipinski definition) is 0. The van der Waals surface area contributed by atoms with Crippen LogP contribution in [0.2, 0.25) is 0 Å². The topological polar surface area (TPSA) is 94.1 Å². The van der Waals surface area contributed by atoms with Gasteiger partial charge in [-0.05, 0) is 70.6 Å². The fraction of sp³-hybridized carbons (Fsp3) is 0.865. The maximum Gasteiger partial charge on any atom is 0.306 e. The van der Waals surface area contributed by atoms with Crippen LogP contribution in [0.5, 0.6) is 0 Å². The van der Waals surface area contributed by atoms with E-state index in [1.165, 1.54) is 173 Å². The van der Waals surface area contributed by atoms with Gasteiger partial charge in [0.15, 0.2) is 0 Å². The minimum atomic E-state index is -4.53. The Labute approximate surface area is 378 Å². The average Bonchev–Trinajstić information content (AvgIpc) is 3.22. The lowest BCUT2D eigenvalue weighted by Gasteiger charge is -2.28. The summed E-state index contributed by atoms with van der Waals surface area (Å²) in [5, 5.41) is 0. The maximum absolute atomic E-state index is 12.7. The van der Waals surface area contributed by atoms with Crippen LogP contribution in [0.15, 0.2) is 36.5 Å². The standard InChI is InChI=1S/C52H100NO7P/c1-6-8-10-12-14-16-18-20-22-24-26-28-30-32-34-36-38-40-42-44-47-57-49-51(50-59-61(55,56)58-48-46-53(3,4)5)60-52(54)45-43-41-39-37-35-33-31-29-27-25-23-21-19-17-15-13-11-9-7-2/h15,17,20-23,51H,6-14,16,18-19,24-50H2,1-5H3/b17-15-,22-20-,23-21-. The Morgan fingerprint density at radius 3 is 1.38 bits per heavy atom. The van der Waals surface area contributed by atoms with Gasteiger partial charge in [-0.25, -0.2) is 0 Å². The predicted octanol–water partition coefficient (Wildman–Crippen LogP) is 15.1. The Kier molecular flexibility index (Phi) is 44.3. The molecule has 0 spiro atoms. The van der Waals surface area contributed by atoms with Gasteiger partial charge < -0.3 is 27.9 Å². The van der Waals surface area contributed by atoms with Crippen LogP contribution >= 0.6 is 7.82 Å². The summed E-state index contributed by atoms with van der Waals surface area (Å²) >= 11 is 0. The molecule has 0 aliphatic carbocycles. The van der Waals surface area contributed by atoms with E-state index in [1.807, 2.05) is 21.1 Å². The highest BCUT2D eigenvalue weighted by Crippen LogP contribution is 2.38. The number of phosphoric ester groups is 1. The summed E-state index contributed by atoms with van der Waals surface area (Å²) in [6.07, 6.45) is 54.5. The largest absolute Gasteiger partial charge is 0.756 e. The number of carbonyl (C=O) groups excluding carboxylic acids is 1. The Morgan fingerprint density at radius 2 is 0.902 bits per heavy atom. The number of phosphoric acid groups is 1. The Balaban J connectivity index is 4.14. The SMILES string of the molecule is CCCCC/C=C\C/C=C\CCCCCCCCCCCC(=O)OC(COCCCCCCCCCCCC/C=C\CCCCCCCC)COP(=O)([O-])OCC[N+](C)(C)C. The Bertz CT molecular complexity index is 1070. The van der Waals surface area contributed by atoms with Crippen LogP contribution in [0, 0.1) is 0 Å². The van der Waals surface area contributed by atoms with Crippen LogP contribution in [0.1, 0.15) is 232 Å². The third-order valence-electron chi connectivity index (χ3n) is 11.2. The molecule has 0 aliphatic heterocycles. The second-order valence-electron chi connectivity index (χ2n) is 18.5. The average molecular weight is 882 g/mol. The molecule has 0 bridgehead atoms. The molecular weight excluding hydrogens is 782 g/mol. The third-order valence-corrected chi connectivity index (χ3v) is 12.1. The van der Waals surface area contributed by atoms with Crippen molar-refractivity contribution in [2.75, 3.05) is 54.1 Å². The highest BCUT2D eigenvalue weighted by atomic mass is 31.2. The fourth-order valence-electron chi connectivity index (χ4n) is 7.16. The van der Waals surface area contributed by atoms with E-state index in [9.17, 15) is 14.3 Å². The molecular formula is C52H100NO7P. The zero-order valence-corrected chi connectivity index (χ0v) is 41.8. The van der Waals surface area contributed by atoms with Gasteiger partial charge in [0.2, 0.25) is 0 Å². The minimum absolute atomic E-state index is 0.0255. The number of carbonyl (C=O) groups is 1. The summed E-state index contributed by atoms with van der Waals surface area (Å²) in [5.74, 6) is -0.337. The number of allylic oxidation sites excluding steroid dienone is 6. The molecule has 2 atom stereocenters. The van der Waals surface area contributed by atoms with Gasteiger partial charge in [-0.1, -0.05) is 192 Å². The van der Waals surface area contributed by atoms with Crippen molar-refractivity contribution in [1.29, 1.82) is 0 Å². The van der Waals surface area contributed by atoms with Crippen molar-refractivity contribution >= 4 is 13.8 Å². The smallest absolute Gasteiger partial charge is 0.306 e. The van der Waals surface area contributed by atoms with Gasteiger partial charge in [0, 0.05) is 13.0 Å². The van der Waals surface area contributed by atoms with Crippen molar-refractivity contribution < 1.29 is 37.3 Å². The first kappa shape index (κ1) is 59.7. The molecule has 0 saturated heterocycles. The van der Waals surface area contributed by atoms with Crippen LogP contribution in [-0.2, 0) is 27.9 Å². The van der Waals surface area contributed by atoms with Gasteiger partial charge >= 0.3 is 5.97 Å². The highest BCUT2D eigenvalue weighted by molar-refractivity contribution is 7.45. The molecule has 0 fully saturated rings. The number of ether oxygens (including phenoxy) is 2. The molecule has 0 aliphatic rings. The summed E-state index contributed by atoms with van der Waals surface area (Å²) in [6, 6.07) is 0. The van der Waals surface area contributed by atoms with Crippen molar-refractivity contribution in [3.05, 3.63) is 36.5 Å². The first-order chi connectivity index (χ1) is 29.6. The van der Waals surface area contributed by atoms with Gasteiger partial charge in [-0.15, -0.1) is 0 Å². The lowest BCUT2D eigenvalue weighted by atomic mass is 10.1. The molecule has 0 amide bonds. The first-order valence-electron chi connectivity index (χ1n) is 25.7. The summed E-state index contributed by atoms with van der Waals surface area (Å²) < 4.78 is 34.8. The fourth-order valence-corrected chi connectivity index (χ4v) is 7.89. The van der Waals surface area contributed by atoms with Gasteiger partial charge in [0.05, 0.1) is 34.4 Å². The van der Waals surface area contributed by atoms with Crippen molar-refractivity contribution in [3.8, 4) is 0 Å². The van der Waals surface area contributed by atoms with Crippen molar-refractivity contribution in [3.63, 3.8) is 0 Å². The first-order valence-corrected chi connectivity index (χ1v) is 27.2. The highest BCUT2D eigenvalue weighted by Gasteiger charge is 2.20. The number of quaternary nitrogens is 1. The number of rotatable bonds is 48. The molecule has 0 aromatic rings. The van der Waals surface area contributed by atoms with Crippen molar-refractivity contribution in [1.82, 2.24) is 0 Å². The quantitative estimate of drug-likeness (QED) is 0.0197. The molecule has 8 nitrogen and oxygen atoms in total. The lowest BCUT2D eigenvalue weighted by Crippen LogP contribution is -2.37. The minimum Gasteiger partial charge on any atom is -0.756 e. The van der Waals surface area contributed by atoms with Gasteiger partial charge in [0.1, 0.15) is 19.3 Å². The number of nitrogens with zero attached hydrogens (tertiary/aromatic N) is 1. The molecule has 9 heteroatoms. The van der Waals surface area contributed by atoms with Crippen LogP contribution in [0.4, 0.5) is 0 Å². The molecule has 2 unspecified atom stereocenters. The molecule has 0 aromatic heterocycles. The number of likely N-dealkylation sites (N-methyl/N-ethyl adjacent to an activating group) is 1. The van der Waals surface area contributed by atoms with Crippen LogP contribution in [0.25, 0.3) is 0 Å². The second-order valence-corrected chi connectivity index (χ2v) is 19.9. The van der Waals surface area contributed by atoms with Crippen molar-refractivity contribution in [2.45, 2.75) is 238 Å². The summed E-state index contributed by atoms with van der Waals surface area (Å²) in [7, 11) is 1.36. The van der Waals surface area contributed by atoms with E-state index in [-0.39, 0.29) is 25.8 Å². The predicted molar refractivity (Wildman–Crippen MR) is 259 cm³/mol. The van der Waals surface area contributed by atoms with E-state index < -0.39 is 13.9 Å². The molecule has 360 valence electrons. The maximum atomic E-state index is 12.7. The van der Waals surface area contributed by atoms with Crippen molar-refractivity contribution in [2.24, 2.45) is 0 Å². The molecule has 0 rings (SSSR count). The van der Waals surface area contributed by atoms with E-state index in [1.54, 1.807) is 0 Å². The van der Waals surface area contributed by atoms with Crippen LogP contribution < -0.4 is 4.89 Å². The second kappa shape index (κ2) is 45.3. The van der Waals surface area contributed by atoms with E-state index >= 15 is 0 Å². The number of esters is 1. The summed E-state index contributed by atoms with van der Waals surface area (Å²) in [4.78, 5) is 25.2. The molecule has 0 aromatic carbocycles. The lowest BCUT2D eigenvalue weighted by molar-refractivity contribution is -0.870. The van der Waals surface area contributed by atoms with Gasteiger partial charge in [-0.2, -0.15) is 0 Å². The normalized spacial score (nSPS) is 13.9. The molecule has 0 radical (unpaired) electrons. The number of hydrogen-bond acceptors (Lipinski definition) is 7. The van der Waals surface area contributed by atoms with E-state index in [0.717, 1.165) is 38.5 Å².